The van der Waals surface area contributed by atoms with Crippen LogP contribution in [0.3, 0.4) is 0 Å². The lowest BCUT2D eigenvalue weighted by Crippen LogP contribution is -1.96. The zero-order valence-electron chi connectivity index (χ0n) is 7.67. The lowest BCUT2D eigenvalue weighted by Gasteiger charge is -2.02. The van der Waals surface area contributed by atoms with Gasteiger partial charge in [-0.15, -0.1) is 0 Å². The summed E-state index contributed by atoms with van der Waals surface area (Å²) in [6, 6.07) is 4.06. The van der Waals surface area contributed by atoms with E-state index in [1.807, 2.05) is 29.3 Å². The van der Waals surface area contributed by atoms with Gasteiger partial charge in [-0.05, 0) is 36.5 Å². The number of hydrogen-bond donors (Lipinski definition) is 0. The molecular formula is C11H10N3. The third-order valence-electron chi connectivity index (χ3n) is 2.41. The van der Waals surface area contributed by atoms with Gasteiger partial charge in [-0.25, -0.2) is 4.68 Å². The second-order valence-electron chi connectivity index (χ2n) is 3.51. The summed E-state index contributed by atoms with van der Waals surface area (Å²) in [6.45, 7) is 0. The van der Waals surface area contributed by atoms with Crippen molar-refractivity contribution < 1.29 is 0 Å². The van der Waals surface area contributed by atoms with Gasteiger partial charge in [0.05, 0.1) is 11.9 Å². The van der Waals surface area contributed by atoms with Gasteiger partial charge in [0.25, 0.3) is 0 Å². The smallest absolute Gasteiger partial charge is 0.0831 e. The molecule has 2 aromatic heterocycles. The van der Waals surface area contributed by atoms with Gasteiger partial charge in [0, 0.05) is 18.6 Å². The molecule has 1 radical (unpaired) electrons. The molecule has 1 aliphatic carbocycles. The highest BCUT2D eigenvalue weighted by Gasteiger charge is 2.24. The topological polar surface area (TPSA) is 30.7 Å². The lowest BCUT2D eigenvalue weighted by molar-refractivity contribution is 0.869. The van der Waals surface area contributed by atoms with Gasteiger partial charge >= 0.3 is 0 Å². The van der Waals surface area contributed by atoms with Crippen molar-refractivity contribution in [1.29, 1.82) is 0 Å². The van der Waals surface area contributed by atoms with Crippen molar-refractivity contribution in [2.75, 3.05) is 0 Å². The summed E-state index contributed by atoms with van der Waals surface area (Å²) >= 11 is 0. The van der Waals surface area contributed by atoms with Crippen LogP contribution in [0, 0.1) is 6.42 Å². The van der Waals surface area contributed by atoms with E-state index in [9.17, 15) is 0 Å². The van der Waals surface area contributed by atoms with Gasteiger partial charge < -0.3 is 0 Å². The first kappa shape index (κ1) is 7.74. The molecule has 3 rings (SSSR count). The Labute approximate surface area is 82.4 Å². The summed E-state index contributed by atoms with van der Waals surface area (Å²) in [5.41, 5.74) is 2.32. The monoisotopic (exact) mass is 184 g/mol. The molecule has 1 atom stereocenters. The number of hydrogen-bond acceptors (Lipinski definition) is 2. The van der Waals surface area contributed by atoms with E-state index in [1.54, 1.807) is 6.20 Å². The molecule has 0 aliphatic heterocycles. The van der Waals surface area contributed by atoms with Crippen LogP contribution in [0.5, 0.6) is 0 Å². The Morgan fingerprint density at radius 2 is 2.29 bits per heavy atom. The highest BCUT2D eigenvalue weighted by atomic mass is 15.3. The Morgan fingerprint density at radius 3 is 3.00 bits per heavy atom. The van der Waals surface area contributed by atoms with Crippen molar-refractivity contribution in [1.82, 2.24) is 14.8 Å². The Morgan fingerprint density at radius 1 is 1.36 bits per heavy atom. The normalized spacial score (nSPS) is 15.7. The van der Waals surface area contributed by atoms with E-state index >= 15 is 0 Å². The van der Waals surface area contributed by atoms with Gasteiger partial charge in [0.2, 0.25) is 0 Å². The van der Waals surface area contributed by atoms with Crippen molar-refractivity contribution in [3.63, 3.8) is 0 Å². The first-order valence-electron chi connectivity index (χ1n) is 4.72. The maximum Gasteiger partial charge on any atom is 0.0831 e. The van der Waals surface area contributed by atoms with E-state index in [0.29, 0.717) is 5.92 Å². The van der Waals surface area contributed by atoms with Crippen molar-refractivity contribution in [3.8, 4) is 5.69 Å². The molecule has 0 aromatic carbocycles. The molecule has 1 fully saturated rings. The fourth-order valence-electron chi connectivity index (χ4n) is 1.53. The van der Waals surface area contributed by atoms with E-state index in [0.717, 1.165) is 5.69 Å². The first-order chi connectivity index (χ1) is 6.93. The molecule has 0 bridgehead atoms. The zero-order valence-corrected chi connectivity index (χ0v) is 7.67. The molecule has 0 saturated heterocycles. The minimum atomic E-state index is 0.623. The van der Waals surface area contributed by atoms with Crippen LogP contribution in [0.2, 0.25) is 0 Å². The molecule has 2 heterocycles. The minimum absolute atomic E-state index is 0.623. The van der Waals surface area contributed by atoms with Crippen LogP contribution < -0.4 is 0 Å². The Hall–Kier alpha value is -1.64. The van der Waals surface area contributed by atoms with Crippen LogP contribution in [0.25, 0.3) is 5.69 Å². The molecule has 1 unspecified atom stereocenters. The quantitative estimate of drug-likeness (QED) is 0.714. The molecule has 1 aliphatic rings. The highest BCUT2D eigenvalue weighted by Crippen LogP contribution is 2.38. The standard InChI is InChI=1S/C11H10N3/c1-4-13-14(5-1)11-6-10(7-12-8-11)9-2-3-9/h1-2,4-9H,3H2. The van der Waals surface area contributed by atoms with Crippen molar-refractivity contribution in [2.24, 2.45) is 0 Å². The summed E-state index contributed by atoms with van der Waals surface area (Å²) in [4.78, 5) is 4.22. The maximum atomic E-state index is 4.22. The second-order valence-corrected chi connectivity index (χ2v) is 3.51. The van der Waals surface area contributed by atoms with E-state index in [2.05, 4.69) is 22.6 Å². The number of rotatable bonds is 2. The molecular weight excluding hydrogens is 174 g/mol. The SMILES string of the molecule is [CH]1CC1c1cncc(-n2cccn2)c1. The third kappa shape index (κ3) is 1.31. The van der Waals surface area contributed by atoms with Gasteiger partial charge in [0.1, 0.15) is 0 Å². The molecule has 69 valence electrons. The Balaban J connectivity index is 2.02. The van der Waals surface area contributed by atoms with E-state index in [-0.39, 0.29) is 0 Å². The molecule has 3 heteroatoms. The fraction of sp³-hybridized carbons (Fsp3) is 0.182. The molecule has 0 N–H and O–H groups in total. The first-order valence-corrected chi connectivity index (χ1v) is 4.72. The Kier molecular flexibility index (Phi) is 1.63. The van der Waals surface area contributed by atoms with E-state index in [1.165, 1.54) is 12.0 Å². The van der Waals surface area contributed by atoms with Crippen LogP contribution in [0.4, 0.5) is 0 Å². The van der Waals surface area contributed by atoms with Crippen LogP contribution in [-0.2, 0) is 0 Å². The molecule has 2 aromatic rings. The van der Waals surface area contributed by atoms with Gasteiger partial charge in [-0.2, -0.15) is 5.10 Å². The second kappa shape index (κ2) is 2.94. The average Bonchev–Trinajstić information content (AvgIpc) is 2.94. The highest BCUT2D eigenvalue weighted by molar-refractivity contribution is 5.36. The molecule has 3 nitrogen and oxygen atoms in total. The van der Waals surface area contributed by atoms with Crippen LogP contribution in [0.1, 0.15) is 17.9 Å². The Bertz CT molecular complexity index is 430. The summed E-state index contributed by atoms with van der Waals surface area (Å²) in [5, 5.41) is 4.17. The average molecular weight is 184 g/mol. The van der Waals surface area contributed by atoms with Crippen LogP contribution >= 0.6 is 0 Å². The van der Waals surface area contributed by atoms with Gasteiger partial charge in [-0.1, -0.05) is 0 Å². The fourth-order valence-corrected chi connectivity index (χ4v) is 1.53. The van der Waals surface area contributed by atoms with Gasteiger partial charge in [-0.3, -0.25) is 4.98 Å². The molecule has 0 amide bonds. The predicted octanol–water partition coefficient (Wildman–Crippen LogP) is 1.96. The number of pyridine rings is 1. The van der Waals surface area contributed by atoms with Crippen LogP contribution in [0.15, 0.2) is 36.9 Å². The summed E-state index contributed by atoms with van der Waals surface area (Å²) in [7, 11) is 0. The zero-order chi connectivity index (χ0) is 9.38. The van der Waals surface area contributed by atoms with Crippen molar-refractivity contribution in [3.05, 3.63) is 48.9 Å². The van der Waals surface area contributed by atoms with Crippen molar-refractivity contribution in [2.45, 2.75) is 12.3 Å². The number of aromatic nitrogens is 3. The minimum Gasteiger partial charge on any atom is -0.262 e. The lowest BCUT2D eigenvalue weighted by atomic mass is 10.2. The third-order valence-corrected chi connectivity index (χ3v) is 2.41. The molecule has 1 saturated carbocycles. The van der Waals surface area contributed by atoms with E-state index in [4.69, 9.17) is 0 Å². The van der Waals surface area contributed by atoms with Crippen LogP contribution in [-0.4, -0.2) is 14.8 Å². The predicted molar refractivity (Wildman–Crippen MR) is 53.0 cm³/mol. The summed E-state index contributed by atoms with van der Waals surface area (Å²) < 4.78 is 1.83. The maximum absolute atomic E-state index is 4.22. The van der Waals surface area contributed by atoms with E-state index < -0.39 is 0 Å². The molecule has 14 heavy (non-hydrogen) atoms. The van der Waals surface area contributed by atoms with Gasteiger partial charge in [0.15, 0.2) is 0 Å². The molecule has 0 spiro atoms. The van der Waals surface area contributed by atoms with Crippen molar-refractivity contribution >= 4 is 0 Å². The number of nitrogens with zero attached hydrogens (tertiary/aromatic N) is 3. The largest absolute Gasteiger partial charge is 0.262 e. The summed E-state index contributed by atoms with van der Waals surface area (Å²) in [5.74, 6) is 0.623. The summed E-state index contributed by atoms with van der Waals surface area (Å²) in [6.07, 6.45) is 10.9.